The van der Waals surface area contributed by atoms with Crippen LogP contribution in [0.5, 0.6) is 0 Å². The van der Waals surface area contributed by atoms with Gasteiger partial charge in [0.2, 0.25) is 17.7 Å². The van der Waals surface area contributed by atoms with Gasteiger partial charge in [-0.3, -0.25) is 24.0 Å². The molecule has 0 saturated carbocycles. The standard InChI is InChI=1S/C35H59N3O12/c1-25(39)18-20-27(34(47)48)37-31(42)23-21-28(35(49)50)38-30(41)22-19-26(24-33(45)46)36-29(40)16-14-12-10-8-6-4-2-3-5-7-9-11-13-15-17-32(43)44/h26-28H,2-24H2,1H3,(H,36,40)(H,37,42)(H,38,41)(H,43,44)(H,45,46)(H,47,48)(H,49,50). The second-order valence-electron chi connectivity index (χ2n) is 12.9. The first-order valence-electron chi connectivity index (χ1n) is 18.0. The van der Waals surface area contributed by atoms with Crippen molar-refractivity contribution in [1.82, 2.24) is 16.0 Å². The molecule has 0 rings (SSSR count). The van der Waals surface area contributed by atoms with Crippen LogP contribution in [0.15, 0.2) is 0 Å². The van der Waals surface area contributed by atoms with E-state index in [0.717, 1.165) is 51.4 Å². The Hall–Kier alpha value is -4.04. The number of carboxylic acid groups (broad SMARTS) is 4. The molecule has 0 saturated heterocycles. The Labute approximate surface area is 294 Å². The summed E-state index contributed by atoms with van der Waals surface area (Å²) in [7, 11) is 0. The van der Waals surface area contributed by atoms with Gasteiger partial charge >= 0.3 is 23.9 Å². The average Bonchev–Trinajstić information content (AvgIpc) is 3.02. The molecule has 3 atom stereocenters. The summed E-state index contributed by atoms with van der Waals surface area (Å²) in [6.07, 6.45) is 13.5. The van der Waals surface area contributed by atoms with Crippen LogP contribution in [0, 0.1) is 0 Å². The first-order valence-corrected chi connectivity index (χ1v) is 18.0. The Morgan fingerprint density at radius 2 is 0.780 bits per heavy atom. The van der Waals surface area contributed by atoms with Crippen molar-refractivity contribution in [3.05, 3.63) is 0 Å². The van der Waals surface area contributed by atoms with Crippen molar-refractivity contribution in [2.75, 3.05) is 0 Å². The molecule has 0 bridgehead atoms. The third-order valence-corrected chi connectivity index (χ3v) is 8.26. The molecule has 0 aromatic carbocycles. The fraction of sp³-hybridized carbons (Fsp3) is 0.771. The monoisotopic (exact) mass is 713 g/mol. The van der Waals surface area contributed by atoms with Gasteiger partial charge in [0.25, 0.3) is 0 Å². The summed E-state index contributed by atoms with van der Waals surface area (Å²) < 4.78 is 0. The van der Waals surface area contributed by atoms with Gasteiger partial charge in [-0.2, -0.15) is 0 Å². The van der Waals surface area contributed by atoms with Gasteiger partial charge in [0.1, 0.15) is 17.9 Å². The molecular formula is C35H59N3O12. The second-order valence-corrected chi connectivity index (χ2v) is 12.9. The lowest BCUT2D eigenvalue weighted by Gasteiger charge is -2.19. The lowest BCUT2D eigenvalue weighted by atomic mass is 10.0. The van der Waals surface area contributed by atoms with Crippen molar-refractivity contribution < 1.29 is 58.8 Å². The molecule has 286 valence electrons. The normalized spacial score (nSPS) is 12.7. The van der Waals surface area contributed by atoms with Crippen molar-refractivity contribution in [3.8, 4) is 0 Å². The zero-order valence-corrected chi connectivity index (χ0v) is 29.6. The molecule has 3 unspecified atom stereocenters. The van der Waals surface area contributed by atoms with E-state index in [1.165, 1.54) is 39.0 Å². The Morgan fingerprint density at radius 3 is 1.16 bits per heavy atom. The predicted octanol–water partition coefficient (Wildman–Crippen LogP) is 4.34. The topological polar surface area (TPSA) is 254 Å². The summed E-state index contributed by atoms with van der Waals surface area (Å²) >= 11 is 0. The highest BCUT2D eigenvalue weighted by atomic mass is 16.4. The number of hydrogen-bond donors (Lipinski definition) is 7. The molecule has 0 aromatic heterocycles. The molecule has 50 heavy (non-hydrogen) atoms. The van der Waals surface area contributed by atoms with Crippen molar-refractivity contribution in [2.45, 2.75) is 173 Å². The maximum atomic E-state index is 12.5. The van der Waals surface area contributed by atoms with Crippen LogP contribution in [0.4, 0.5) is 0 Å². The Kier molecular flexibility index (Phi) is 26.4. The molecule has 15 nitrogen and oxygen atoms in total. The van der Waals surface area contributed by atoms with E-state index in [4.69, 9.17) is 5.11 Å². The number of rotatable bonds is 33. The lowest BCUT2D eigenvalue weighted by molar-refractivity contribution is -0.143. The zero-order chi connectivity index (χ0) is 37.7. The van der Waals surface area contributed by atoms with E-state index in [-0.39, 0.29) is 56.6 Å². The average molecular weight is 714 g/mol. The lowest BCUT2D eigenvalue weighted by Crippen LogP contribution is -2.44. The van der Waals surface area contributed by atoms with Gasteiger partial charge < -0.3 is 41.2 Å². The van der Waals surface area contributed by atoms with Crippen LogP contribution < -0.4 is 16.0 Å². The van der Waals surface area contributed by atoms with Gasteiger partial charge in [-0.15, -0.1) is 0 Å². The number of aliphatic carboxylic acids is 4. The number of carbonyl (C=O) groups excluding carboxylic acids is 4. The maximum absolute atomic E-state index is 12.5. The number of amides is 3. The van der Waals surface area contributed by atoms with Crippen LogP contribution >= 0.6 is 0 Å². The van der Waals surface area contributed by atoms with Gasteiger partial charge in [-0.1, -0.05) is 77.0 Å². The Morgan fingerprint density at radius 1 is 0.420 bits per heavy atom. The van der Waals surface area contributed by atoms with Crippen LogP contribution in [0.2, 0.25) is 0 Å². The highest BCUT2D eigenvalue weighted by Gasteiger charge is 2.25. The molecule has 0 aliphatic carbocycles. The Balaban J connectivity index is 4.30. The minimum atomic E-state index is -1.46. The van der Waals surface area contributed by atoms with Gasteiger partial charge in [-0.05, 0) is 39.0 Å². The summed E-state index contributed by atoms with van der Waals surface area (Å²) in [5.74, 6) is -6.69. The van der Waals surface area contributed by atoms with E-state index in [2.05, 4.69) is 16.0 Å². The third kappa shape index (κ3) is 27.9. The molecule has 0 aromatic rings. The van der Waals surface area contributed by atoms with Gasteiger partial charge in [-0.25, -0.2) is 9.59 Å². The van der Waals surface area contributed by atoms with Gasteiger partial charge in [0.15, 0.2) is 0 Å². The van der Waals surface area contributed by atoms with Crippen molar-refractivity contribution in [1.29, 1.82) is 0 Å². The number of carboxylic acids is 4. The highest BCUT2D eigenvalue weighted by Crippen LogP contribution is 2.14. The van der Waals surface area contributed by atoms with E-state index < -0.39 is 66.7 Å². The second kappa shape index (κ2) is 28.8. The molecule has 0 fully saturated rings. The van der Waals surface area contributed by atoms with E-state index in [9.17, 15) is 53.7 Å². The summed E-state index contributed by atoms with van der Waals surface area (Å²) in [5.41, 5.74) is 0. The van der Waals surface area contributed by atoms with Crippen LogP contribution in [0.3, 0.4) is 0 Å². The van der Waals surface area contributed by atoms with Crippen molar-refractivity contribution in [2.24, 2.45) is 0 Å². The van der Waals surface area contributed by atoms with Crippen molar-refractivity contribution >= 4 is 47.4 Å². The molecule has 15 heteroatoms. The maximum Gasteiger partial charge on any atom is 0.326 e. The molecule has 0 aliphatic rings. The predicted molar refractivity (Wildman–Crippen MR) is 183 cm³/mol. The fourth-order valence-electron chi connectivity index (χ4n) is 5.40. The SMILES string of the molecule is CC(=O)CCC(NC(=O)CCC(NC(=O)CCC(CC(=O)O)NC(=O)CCCCCCCCCCCCCCCCC(=O)O)C(=O)O)C(=O)O. The van der Waals surface area contributed by atoms with E-state index >= 15 is 0 Å². The van der Waals surface area contributed by atoms with Crippen LogP contribution in [0.25, 0.3) is 0 Å². The van der Waals surface area contributed by atoms with Gasteiger partial charge in [0, 0.05) is 38.1 Å². The first-order chi connectivity index (χ1) is 23.7. The third-order valence-electron chi connectivity index (χ3n) is 8.26. The van der Waals surface area contributed by atoms with Gasteiger partial charge in [0.05, 0.1) is 6.42 Å². The first kappa shape index (κ1) is 46.0. The summed E-state index contributed by atoms with van der Waals surface area (Å²) in [5, 5.41) is 43.8. The Bertz CT molecular complexity index is 1080. The van der Waals surface area contributed by atoms with Crippen LogP contribution in [-0.2, 0) is 38.4 Å². The smallest absolute Gasteiger partial charge is 0.326 e. The summed E-state index contributed by atoms with van der Waals surface area (Å²) in [6.45, 7) is 1.29. The minimum absolute atomic E-state index is 0.0417. The number of nitrogens with one attached hydrogen (secondary N) is 3. The van der Waals surface area contributed by atoms with E-state index in [1.54, 1.807) is 0 Å². The number of ketones is 1. The molecule has 0 spiro atoms. The number of Topliss-reactive ketones (excluding diaryl/α,β-unsaturated/α-hetero) is 1. The molecule has 0 heterocycles. The molecule has 3 amide bonds. The number of unbranched alkanes of at least 4 members (excludes halogenated alkanes) is 13. The number of carbonyl (C=O) groups is 8. The minimum Gasteiger partial charge on any atom is -0.481 e. The van der Waals surface area contributed by atoms with Crippen LogP contribution in [-0.4, -0.2) is 85.9 Å². The highest BCUT2D eigenvalue weighted by molar-refractivity contribution is 5.86. The largest absolute Gasteiger partial charge is 0.481 e. The van der Waals surface area contributed by atoms with Crippen molar-refractivity contribution in [3.63, 3.8) is 0 Å². The van der Waals surface area contributed by atoms with E-state index in [0.29, 0.717) is 6.42 Å². The van der Waals surface area contributed by atoms with Crippen LogP contribution in [0.1, 0.15) is 155 Å². The molecule has 7 N–H and O–H groups in total. The molecule has 0 radical (unpaired) electrons. The zero-order valence-electron chi connectivity index (χ0n) is 29.6. The number of hydrogen-bond acceptors (Lipinski definition) is 8. The molecular weight excluding hydrogens is 654 g/mol. The quantitative estimate of drug-likeness (QED) is 0.0469. The summed E-state index contributed by atoms with van der Waals surface area (Å²) in [6, 6.07) is -3.61. The van der Waals surface area contributed by atoms with E-state index in [1.807, 2.05) is 0 Å². The fourth-order valence-corrected chi connectivity index (χ4v) is 5.40. The summed E-state index contributed by atoms with van der Waals surface area (Å²) in [4.78, 5) is 93.1. The molecule has 0 aliphatic heterocycles.